The minimum Gasteiger partial charge on any atom is -0.461 e. The number of carbonyl (C=O) groups excluding carboxylic acids is 2. The Morgan fingerprint density at radius 1 is 0.466 bits per heavy atom. The molecule has 0 spiro atoms. The summed E-state index contributed by atoms with van der Waals surface area (Å²) in [6.45, 7) is 6.74. The Kier molecular flexibility index (Phi) is 21.2. The van der Waals surface area contributed by atoms with Gasteiger partial charge in [0.15, 0.2) is 0 Å². The van der Waals surface area contributed by atoms with E-state index in [-0.39, 0.29) is 25.7 Å². The van der Waals surface area contributed by atoms with Crippen LogP contribution < -0.4 is 0 Å². The molecule has 0 amide bonds. The van der Waals surface area contributed by atoms with Crippen LogP contribution in [0.5, 0.6) is 0 Å². The molecule has 0 aromatic rings. The second-order valence-corrected chi connectivity index (χ2v) is 16.8. The van der Waals surface area contributed by atoms with Gasteiger partial charge in [-0.25, -0.2) is 9.59 Å². The van der Waals surface area contributed by atoms with Crippen LogP contribution in [-0.4, -0.2) is 125 Å². The molecule has 3 aliphatic heterocycles. The molecule has 8 N–H and O–H groups in total. The largest absolute Gasteiger partial charge is 0.461 e. The quantitative estimate of drug-likeness (QED) is 0.162. The van der Waals surface area contributed by atoms with Gasteiger partial charge < -0.3 is 59.8 Å². The third kappa shape index (κ3) is 16.2. The van der Waals surface area contributed by atoms with Crippen LogP contribution in [-0.2, 0) is 28.5 Å². The Morgan fingerprint density at radius 2 is 0.793 bits per heavy atom. The van der Waals surface area contributed by atoms with Crippen molar-refractivity contribution >= 4 is 11.9 Å². The summed E-state index contributed by atoms with van der Waals surface area (Å²) in [7, 11) is 0. The van der Waals surface area contributed by atoms with Gasteiger partial charge in [-0.05, 0) is 117 Å². The third-order valence-corrected chi connectivity index (χ3v) is 11.6. The molecule has 0 aromatic carbocycles. The van der Waals surface area contributed by atoms with Gasteiger partial charge in [0.05, 0.1) is 48.8 Å². The smallest absolute Gasteiger partial charge is 0.340 e. The topological polar surface area (TPSA) is 233 Å². The number of rotatable bonds is 0. The number of hydrogen-bond acceptors (Lipinski definition) is 14. The molecule has 0 aromatic heterocycles. The molecule has 58 heavy (non-hydrogen) atoms. The lowest BCUT2D eigenvalue weighted by molar-refractivity contribution is -0.320. The fraction of sp³-hybridized carbons (Fsp3) is 0.773. The number of fused-ring (bicyclic) bond motifs is 4. The predicted octanol–water partition coefficient (Wildman–Crippen LogP) is 3.94. The molecule has 3 rings (SSSR count). The maximum absolute atomic E-state index is 12.9. The molecule has 2 saturated heterocycles. The van der Waals surface area contributed by atoms with Gasteiger partial charge >= 0.3 is 11.9 Å². The molecule has 4 bridgehead atoms. The van der Waals surface area contributed by atoms with Gasteiger partial charge in [0, 0.05) is 11.8 Å². The molecular weight excluding hydrogens is 752 g/mol. The number of hydrogen-bond donors (Lipinski definition) is 8. The van der Waals surface area contributed by atoms with Crippen molar-refractivity contribution in [3.8, 4) is 0 Å². The van der Waals surface area contributed by atoms with Crippen molar-refractivity contribution in [3.05, 3.63) is 48.6 Å². The summed E-state index contributed by atoms with van der Waals surface area (Å²) in [5, 5.41) is 86.9. The second kappa shape index (κ2) is 24.7. The summed E-state index contributed by atoms with van der Waals surface area (Å²) in [4.78, 5) is 25.8. The highest BCUT2D eigenvalue weighted by molar-refractivity contribution is 5.76. The van der Waals surface area contributed by atoms with Crippen molar-refractivity contribution in [2.75, 3.05) is 0 Å². The van der Waals surface area contributed by atoms with E-state index in [0.717, 1.165) is 0 Å². The second-order valence-electron chi connectivity index (χ2n) is 16.8. The van der Waals surface area contributed by atoms with Crippen molar-refractivity contribution in [2.24, 2.45) is 11.8 Å². The average molecular weight is 825 g/mol. The van der Waals surface area contributed by atoms with E-state index in [0.29, 0.717) is 77.0 Å². The van der Waals surface area contributed by atoms with Crippen molar-refractivity contribution in [2.45, 2.75) is 203 Å². The Labute approximate surface area is 344 Å². The summed E-state index contributed by atoms with van der Waals surface area (Å²) < 4.78 is 22.6. The lowest BCUT2D eigenvalue weighted by Gasteiger charge is -2.44. The van der Waals surface area contributed by atoms with Gasteiger partial charge in [0.1, 0.15) is 0 Å². The Hall–Kier alpha value is -2.50. The lowest BCUT2D eigenvalue weighted by atomic mass is 9.85. The van der Waals surface area contributed by atoms with Crippen molar-refractivity contribution in [1.82, 2.24) is 0 Å². The lowest BCUT2D eigenvalue weighted by Crippen LogP contribution is -2.58. The number of ether oxygens (including phenoxy) is 4. The first-order valence-electron chi connectivity index (χ1n) is 21.4. The maximum atomic E-state index is 12.9. The minimum atomic E-state index is -2.19. The molecule has 14 atom stereocenters. The molecule has 0 aliphatic carbocycles. The van der Waals surface area contributed by atoms with E-state index < -0.39 is 96.4 Å². The summed E-state index contributed by atoms with van der Waals surface area (Å²) in [5.74, 6) is -7.53. The van der Waals surface area contributed by atoms with Crippen LogP contribution >= 0.6 is 0 Å². The predicted molar refractivity (Wildman–Crippen MR) is 216 cm³/mol. The Morgan fingerprint density at radius 3 is 1.14 bits per heavy atom. The molecule has 332 valence electrons. The summed E-state index contributed by atoms with van der Waals surface area (Å²) in [6, 6.07) is 0. The fourth-order valence-corrected chi connectivity index (χ4v) is 7.75. The molecule has 2 fully saturated rings. The van der Waals surface area contributed by atoms with Gasteiger partial charge in [-0.2, -0.15) is 0 Å². The number of aliphatic hydroxyl groups excluding tert-OH is 6. The molecular formula is C44H72O14. The number of esters is 2. The first-order chi connectivity index (χ1) is 27.4. The standard InChI is InChI=1S/C44H72O14/c1-29-21-23-37-27-35(47)25-33(45)19-15-11-8-6-10-14-18-32(4)56-42(52)40(50)44(54)30(2)22-24-38(58-44)28-36(48)26-34(46)20-16-12-7-5-9-13-17-31(3)55-41(51)39(49)43(29,53)57-37/h5-12,29-40,45-50,53-54H,13-28H2,1-4H3/b9-5-,10-6-,11-8+,12-7+/t29-,30-,31+,32+,33+,34+,35?,36?,37+,38+,39?,40?,43-,44-/m1/s1. The zero-order chi connectivity index (χ0) is 42.9. The fourth-order valence-electron chi connectivity index (χ4n) is 7.75. The zero-order valence-corrected chi connectivity index (χ0v) is 34.9. The van der Waals surface area contributed by atoms with Crippen LogP contribution in [0.15, 0.2) is 48.6 Å². The summed E-state index contributed by atoms with van der Waals surface area (Å²) in [5.41, 5.74) is 0. The van der Waals surface area contributed by atoms with E-state index in [2.05, 4.69) is 0 Å². The van der Waals surface area contributed by atoms with E-state index in [4.69, 9.17) is 18.9 Å². The van der Waals surface area contributed by atoms with E-state index in [1.54, 1.807) is 27.7 Å². The van der Waals surface area contributed by atoms with Crippen LogP contribution in [0.25, 0.3) is 0 Å². The van der Waals surface area contributed by atoms with Crippen LogP contribution in [0.4, 0.5) is 0 Å². The van der Waals surface area contributed by atoms with E-state index in [1.807, 2.05) is 48.6 Å². The van der Waals surface area contributed by atoms with Crippen molar-refractivity contribution in [1.29, 1.82) is 0 Å². The number of carbonyl (C=O) groups is 2. The molecule has 4 unspecified atom stereocenters. The van der Waals surface area contributed by atoms with Crippen molar-refractivity contribution in [3.63, 3.8) is 0 Å². The first kappa shape index (κ1) is 49.9. The average Bonchev–Trinajstić information content (AvgIpc) is 3.15. The third-order valence-electron chi connectivity index (χ3n) is 11.6. The Balaban J connectivity index is 1.62. The van der Waals surface area contributed by atoms with Gasteiger partial charge in [0.25, 0.3) is 0 Å². The number of allylic oxidation sites excluding steroid dienone is 8. The normalized spacial score (nSPS) is 43.3. The molecule has 14 heteroatoms. The minimum absolute atomic E-state index is 0.0877. The highest BCUT2D eigenvalue weighted by Crippen LogP contribution is 2.38. The number of cyclic esters (lactones) is 2. The van der Waals surface area contributed by atoms with Crippen LogP contribution in [0.2, 0.25) is 0 Å². The monoisotopic (exact) mass is 824 g/mol. The van der Waals surface area contributed by atoms with E-state index in [9.17, 15) is 50.4 Å². The van der Waals surface area contributed by atoms with Gasteiger partial charge in [-0.1, -0.05) is 62.5 Å². The van der Waals surface area contributed by atoms with Crippen LogP contribution in [0, 0.1) is 11.8 Å². The zero-order valence-electron chi connectivity index (χ0n) is 34.9. The molecule has 14 nitrogen and oxygen atoms in total. The maximum Gasteiger partial charge on any atom is 0.340 e. The van der Waals surface area contributed by atoms with Crippen LogP contribution in [0.1, 0.15) is 130 Å². The SMILES string of the molecule is C[C@@H]1CC[C@H]2CC(O)C[C@@H](O)CC/C=C/C=C\CC[C@H](C)OC(=O)C(O)[C@]3(O)O[C@@H](CC[C@H]3C)CC(O)C[C@@H](O)CC/C=C/C=C\CC[C@H](C)OC(=O)C(O)[C@]1(O)O2. The van der Waals surface area contributed by atoms with Gasteiger partial charge in [-0.3, -0.25) is 0 Å². The van der Waals surface area contributed by atoms with Crippen molar-refractivity contribution < 1.29 is 69.4 Å². The molecule has 3 aliphatic rings. The molecule has 0 radical (unpaired) electrons. The van der Waals surface area contributed by atoms with E-state index >= 15 is 0 Å². The van der Waals surface area contributed by atoms with Gasteiger partial charge in [-0.15, -0.1) is 0 Å². The first-order valence-corrected chi connectivity index (χ1v) is 21.4. The van der Waals surface area contributed by atoms with Gasteiger partial charge in [0.2, 0.25) is 23.8 Å². The highest BCUT2D eigenvalue weighted by atomic mass is 16.7. The Bertz CT molecular complexity index is 1250. The van der Waals surface area contributed by atoms with Crippen LogP contribution in [0.3, 0.4) is 0 Å². The summed E-state index contributed by atoms with van der Waals surface area (Å²) >= 11 is 0. The summed E-state index contributed by atoms with van der Waals surface area (Å²) in [6.07, 6.45) is 11.3. The highest BCUT2D eigenvalue weighted by Gasteiger charge is 2.52. The molecule has 3 heterocycles. The number of aliphatic hydroxyl groups is 8. The molecule has 0 saturated carbocycles. The van der Waals surface area contributed by atoms with E-state index in [1.165, 1.54) is 0 Å².